The summed E-state index contributed by atoms with van der Waals surface area (Å²) in [4.78, 5) is 29.1. The van der Waals surface area contributed by atoms with Gasteiger partial charge in [0.1, 0.15) is 11.5 Å². The minimum atomic E-state index is -0.738. The highest BCUT2D eigenvalue weighted by molar-refractivity contribution is 5.96. The highest BCUT2D eigenvalue weighted by atomic mass is 16.5. The minimum Gasteiger partial charge on any atom is -0.455 e. The number of rotatable bonds is 7. The number of para-hydroxylation sites is 2. The lowest BCUT2D eigenvalue weighted by atomic mass is 10.2. The molecular formula is C26H22N2O5. The maximum Gasteiger partial charge on any atom is 0.361 e. The number of nitrogens with one attached hydrogen (secondary N) is 1. The minimum absolute atomic E-state index is 0.0322. The van der Waals surface area contributed by atoms with Gasteiger partial charge in [0.2, 0.25) is 5.89 Å². The second kappa shape index (κ2) is 9.82. The van der Waals surface area contributed by atoms with Crippen LogP contribution in [0.2, 0.25) is 0 Å². The molecule has 0 radical (unpaired) electrons. The van der Waals surface area contributed by atoms with Crippen LogP contribution in [-0.2, 0) is 9.53 Å². The van der Waals surface area contributed by atoms with E-state index in [0.717, 1.165) is 11.1 Å². The van der Waals surface area contributed by atoms with Gasteiger partial charge in [0, 0.05) is 5.56 Å². The quantitative estimate of drug-likeness (QED) is 0.378. The van der Waals surface area contributed by atoms with Crippen molar-refractivity contribution in [2.75, 3.05) is 11.9 Å². The van der Waals surface area contributed by atoms with E-state index in [1.807, 2.05) is 61.5 Å². The highest BCUT2D eigenvalue weighted by Crippen LogP contribution is 2.29. The summed E-state index contributed by atoms with van der Waals surface area (Å²) < 4.78 is 16.6. The predicted octanol–water partition coefficient (Wildman–Crippen LogP) is 5.55. The van der Waals surface area contributed by atoms with Crippen LogP contribution in [0.25, 0.3) is 11.5 Å². The van der Waals surface area contributed by atoms with Gasteiger partial charge >= 0.3 is 5.97 Å². The Morgan fingerprint density at radius 1 is 0.909 bits per heavy atom. The Hall–Kier alpha value is -4.39. The number of hydrogen-bond acceptors (Lipinski definition) is 6. The molecule has 1 amide bonds. The molecule has 0 unspecified atom stereocenters. The molecule has 0 aliphatic rings. The number of aromatic nitrogens is 1. The summed E-state index contributed by atoms with van der Waals surface area (Å²) in [5, 5.41) is 2.71. The van der Waals surface area contributed by atoms with Crippen molar-refractivity contribution >= 4 is 17.6 Å². The largest absolute Gasteiger partial charge is 0.455 e. The van der Waals surface area contributed by atoms with E-state index >= 15 is 0 Å². The van der Waals surface area contributed by atoms with Crippen LogP contribution < -0.4 is 10.1 Å². The van der Waals surface area contributed by atoms with Crippen LogP contribution in [0.3, 0.4) is 0 Å². The molecule has 0 bridgehead atoms. The van der Waals surface area contributed by atoms with Gasteiger partial charge in [-0.3, -0.25) is 4.79 Å². The van der Waals surface area contributed by atoms with E-state index in [0.29, 0.717) is 28.8 Å². The van der Waals surface area contributed by atoms with Crippen LogP contribution in [-0.4, -0.2) is 23.5 Å². The molecular weight excluding hydrogens is 420 g/mol. The molecule has 1 heterocycles. The number of amides is 1. The lowest BCUT2D eigenvalue weighted by molar-refractivity contribution is -0.119. The fourth-order valence-corrected chi connectivity index (χ4v) is 3.07. The molecule has 4 rings (SSSR count). The third-order valence-corrected chi connectivity index (χ3v) is 4.75. The van der Waals surface area contributed by atoms with Crippen molar-refractivity contribution in [2.24, 2.45) is 0 Å². The third-order valence-electron chi connectivity index (χ3n) is 4.75. The molecule has 1 aromatic heterocycles. The summed E-state index contributed by atoms with van der Waals surface area (Å²) in [6.07, 6.45) is 0. The van der Waals surface area contributed by atoms with Crippen LogP contribution in [0.1, 0.15) is 21.8 Å². The van der Waals surface area contributed by atoms with Gasteiger partial charge in [-0.25, -0.2) is 9.78 Å². The van der Waals surface area contributed by atoms with Gasteiger partial charge in [0.25, 0.3) is 5.91 Å². The number of carbonyl (C=O) groups excluding carboxylic acids is 2. The topological polar surface area (TPSA) is 90.7 Å². The SMILES string of the molecule is Cc1ccc(Oc2ccccc2NC(=O)COC(=O)c2nc(-c3ccccc3)oc2C)cc1. The fourth-order valence-electron chi connectivity index (χ4n) is 3.07. The molecule has 0 saturated carbocycles. The molecule has 0 saturated heterocycles. The number of esters is 1. The summed E-state index contributed by atoms with van der Waals surface area (Å²) in [6, 6.07) is 23.8. The van der Waals surface area contributed by atoms with Crippen LogP contribution >= 0.6 is 0 Å². The predicted molar refractivity (Wildman–Crippen MR) is 123 cm³/mol. The molecule has 166 valence electrons. The van der Waals surface area contributed by atoms with Crippen molar-refractivity contribution < 1.29 is 23.5 Å². The molecule has 3 aromatic carbocycles. The molecule has 0 aliphatic carbocycles. The number of ether oxygens (including phenoxy) is 2. The van der Waals surface area contributed by atoms with Gasteiger partial charge in [0.15, 0.2) is 18.1 Å². The number of hydrogen-bond donors (Lipinski definition) is 1. The summed E-state index contributed by atoms with van der Waals surface area (Å²) in [5.41, 5.74) is 2.35. The molecule has 0 atom stereocenters. The number of oxazole rings is 1. The zero-order valence-corrected chi connectivity index (χ0v) is 18.2. The van der Waals surface area contributed by atoms with Crippen LogP contribution in [0.4, 0.5) is 5.69 Å². The first-order valence-electron chi connectivity index (χ1n) is 10.3. The zero-order chi connectivity index (χ0) is 23.2. The molecule has 33 heavy (non-hydrogen) atoms. The van der Waals surface area contributed by atoms with E-state index in [4.69, 9.17) is 13.9 Å². The maximum atomic E-state index is 12.5. The summed E-state index contributed by atoms with van der Waals surface area (Å²) in [5.74, 6) is 0.499. The van der Waals surface area contributed by atoms with Gasteiger partial charge in [-0.1, -0.05) is 48.0 Å². The van der Waals surface area contributed by atoms with Crippen molar-refractivity contribution in [1.82, 2.24) is 4.98 Å². The molecule has 7 nitrogen and oxygen atoms in total. The number of carbonyl (C=O) groups is 2. The number of benzene rings is 3. The van der Waals surface area contributed by atoms with E-state index in [9.17, 15) is 9.59 Å². The Labute approximate surface area is 191 Å². The first-order valence-corrected chi connectivity index (χ1v) is 10.3. The Kier molecular flexibility index (Phi) is 6.50. The lowest BCUT2D eigenvalue weighted by Gasteiger charge is -2.12. The average Bonchev–Trinajstić information content (AvgIpc) is 3.22. The van der Waals surface area contributed by atoms with Crippen LogP contribution in [0, 0.1) is 13.8 Å². The van der Waals surface area contributed by atoms with Crippen molar-refractivity contribution in [3.63, 3.8) is 0 Å². The Morgan fingerprint density at radius 3 is 2.36 bits per heavy atom. The van der Waals surface area contributed by atoms with Crippen molar-refractivity contribution in [3.8, 4) is 23.0 Å². The fraction of sp³-hybridized carbons (Fsp3) is 0.115. The molecule has 7 heteroatoms. The standard InChI is InChI=1S/C26H22N2O5/c1-17-12-14-20(15-13-17)33-22-11-7-6-10-21(22)27-23(29)16-31-26(30)24-18(2)32-25(28-24)19-8-4-3-5-9-19/h3-15H,16H2,1-2H3,(H,27,29). The summed E-state index contributed by atoms with van der Waals surface area (Å²) in [6.45, 7) is 3.13. The smallest absolute Gasteiger partial charge is 0.361 e. The van der Waals surface area contributed by atoms with Gasteiger partial charge in [-0.05, 0) is 50.2 Å². The molecule has 4 aromatic rings. The number of anilines is 1. The van der Waals surface area contributed by atoms with Crippen LogP contribution in [0.5, 0.6) is 11.5 Å². The van der Waals surface area contributed by atoms with E-state index in [2.05, 4.69) is 10.3 Å². The second-order valence-corrected chi connectivity index (χ2v) is 7.33. The maximum absolute atomic E-state index is 12.5. The number of nitrogens with zero attached hydrogens (tertiary/aromatic N) is 1. The van der Waals surface area contributed by atoms with Crippen molar-refractivity contribution in [1.29, 1.82) is 0 Å². The van der Waals surface area contributed by atoms with Crippen molar-refractivity contribution in [3.05, 3.63) is 95.9 Å². The Balaban J connectivity index is 1.38. The average molecular weight is 442 g/mol. The first-order chi connectivity index (χ1) is 16.0. The lowest BCUT2D eigenvalue weighted by Crippen LogP contribution is -2.21. The highest BCUT2D eigenvalue weighted by Gasteiger charge is 2.20. The Bertz CT molecular complexity index is 1260. The normalized spacial score (nSPS) is 10.5. The summed E-state index contributed by atoms with van der Waals surface area (Å²) in [7, 11) is 0. The molecule has 0 spiro atoms. The first kappa shape index (κ1) is 21.8. The second-order valence-electron chi connectivity index (χ2n) is 7.33. The van der Waals surface area contributed by atoms with E-state index in [1.165, 1.54) is 0 Å². The van der Waals surface area contributed by atoms with E-state index in [-0.39, 0.29) is 5.69 Å². The van der Waals surface area contributed by atoms with Gasteiger partial charge in [0.05, 0.1) is 5.69 Å². The zero-order valence-electron chi connectivity index (χ0n) is 18.2. The molecule has 1 N–H and O–H groups in total. The van der Waals surface area contributed by atoms with E-state index in [1.54, 1.807) is 31.2 Å². The summed E-state index contributed by atoms with van der Waals surface area (Å²) >= 11 is 0. The molecule has 0 fully saturated rings. The monoisotopic (exact) mass is 442 g/mol. The Morgan fingerprint density at radius 2 is 1.61 bits per heavy atom. The number of aryl methyl sites for hydroxylation is 2. The van der Waals surface area contributed by atoms with Gasteiger partial charge in [-0.15, -0.1) is 0 Å². The molecule has 0 aliphatic heterocycles. The van der Waals surface area contributed by atoms with E-state index < -0.39 is 18.5 Å². The van der Waals surface area contributed by atoms with Crippen molar-refractivity contribution in [2.45, 2.75) is 13.8 Å². The van der Waals surface area contributed by atoms with Gasteiger partial charge in [-0.2, -0.15) is 0 Å². The van der Waals surface area contributed by atoms with Crippen LogP contribution in [0.15, 0.2) is 83.3 Å². The van der Waals surface area contributed by atoms with Gasteiger partial charge < -0.3 is 19.2 Å². The third kappa shape index (κ3) is 5.46.